The van der Waals surface area contributed by atoms with E-state index in [1.807, 2.05) is 12.1 Å². The van der Waals surface area contributed by atoms with Gasteiger partial charge in [-0.1, -0.05) is 23.7 Å². The van der Waals surface area contributed by atoms with Crippen LogP contribution in [-0.4, -0.2) is 13.1 Å². The summed E-state index contributed by atoms with van der Waals surface area (Å²) in [6.45, 7) is 5.80. The number of benzene rings is 2. The second-order valence-corrected chi connectivity index (χ2v) is 5.33. The molecule has 2 aromatic rings. The Bertz CT molecular complexity index is 581. The second-order valence-electron chi connectivity index (χ2n) is 4.89. The van der Waals surface area contributed by atoms with Gasteiger partial charge in [0.25, 0.3) is 0 Å². The molecule has 0 bridgehead atoms. The van der Waals surface area contributed by atoms with Crippen molar-refractivity contribution in [1.29, 1.82) is 0 Å². The van der Waals surface area contributed by atoms with Crippen LogP contribution in [-0.2, 0) is 6.42 Å². The molecule has 2 aromatic carbocycles. The normalized spacial score (nSPS) is 10.6. The lowest BCUT2D eigenvalue weighted by molar-refractivity contribution is 0.942. The molecule has 0 aliphatic heterocycles. The van der Waals surface area contributed by atoms with Crippen LogP contribution in [0.5, 0.6) is 0 Å². The number of anilines is 2. The number of nitrogens with two attached hydrogens (primary N) is 1. The molecular formula is C17H21ClN2. The lowest BCUT2D eigenvalue weighted by Crippen LogP contribution is -2.18. The van der Waals surface area contributed by atoms with Crippen molar-refractivity contribution in [2.75, 3.05) is 18.0 Å². The van der Waals surface area contributed by atoms with E-state index in [0.717, 1.165) is 18.0 Å². The fraction of sp³-hybridized carbons (Fsp3) is 0.294. The average molecular weight is 289 g/mol. The summed E-state index contributed by atoms with van der Waals surface area (Å²) in [5.74, 6) is 0. The molecular weight excluding hydrogens is 268 g/mol. The van der Waals surface area contributed by atoms with E-state index in [-0.39, 0.29) is 0 Å². The Morgan fingerprint density at radius 2 is 1.95 bits per heavy atom. The van der Waals surface area contributed by atoms with Gasteiger partial charge in [0.2, 0.25) is 0 Å². The number of hydrogen-bond donors (Lipinski definition) is 1. The molecule has 106 valence electrons. The minimum atomic E-state index is 0.624. The summed E-state index contributed by atoms with van der Waals surface area (Å²) in [6, 6.07) is 14.6. The lowest BCUT2D eigenvalue weighted by atomic mass is 10.1. The summed E-state index contributed by atoms with van der Waals surface area (Å²) in [5.41, 5.74) is 10.6. The number of hydrogen-bond acceptors (Lipinski definition) is 2. The number of halogens is 1. The molecule has 20 heavy (non-hydrogen) atoms. The molecule has 0 atom stereocenters. The van der Waals surface area contributed by atoms with Gasteiger partial charge in [-0.25, -0.2) is 0 Å². The summed E-state index contributed by atoms with van der Waals surface area (Å²) >= 11 is 6.11. The van der Waals surface area contributed by atoms with E-state index >= 15 is 0 Å². The van der Waals surface area contributed by atoms with Crippen LogP contribution in [0.4, 0.5) is 11.4 Å². The number of nitrogens with zero attached hydrogens (tertiary/aromatic N) is 1. The molecule has 0 aliphatic carbocycles. The highest BCUT2D eigenvalue weighted by Crippen LogP contribution is 2.31. The van der Waals surface area contributed by atoms with Crippen molar-refractivity contribution in [3.63, 3.8) is 0 Å². The molecule has 2 nitrogen and oxygen atoms in total. The van der Waals surface area contributed by atoms with Gasteiger partial charge in [-0.2, -0.15) is 0 Å². The van der Waals surface area contributed by atoms with Crippen LogP contribution in [0.25, 0.3) is 0 Å². The zero-order valence-corrected chi connectivity index (χ0v) is 12.8. The maximum Gasteiger partial charge on any atom is 0.0444 e. The Morgan fingerprint density at radius 1 is 1.15 bits per heavy atom. The highest BCUT2D eigenvalue weighted by molar-refractivity contribution is 6.30. The smallest absolute Gasteiger partial charge is 0.0444 e. The maximum atomic E-state index is 6.11. The average Bonchev–Trinajstić information content (AvgIpc) is 2.42. The van der Waals surface area contributed by atoms with Crippen LogP contribution in [0.15, 0.2) is 42.5 Å². The fourth-order valence-electron chi connectivity index (χ4n) is 2.46. The fourth-order valence-corrected chi connectivity index (χ4v) is 2.66. The van der Waals surface area contributed by atoms with Crippen molar-refractivity contribution in [2.24, 2.45) is 5.73 Å². The van der Waals surface area contributed by atoms with Crippen LogP contribution in [0, 0.1) is 6.92 Å². The van der Waals surface area contributed by atoms with Gasteiger partial charge in [0.15, 0.2) is 0 Å². The highest BCUT2D eigenvalue weighted by Gasteiger charge is 2.12. The SMILES string of the molecule is CCN(c1cccc(C)c1)c1ccc(Cl)cc1CCN. The molecule has 2 N–H and O–H groups in total. The molecule has 0 saturated heterocycles. The van der Waals surface area contributed by atoms with Gasteiger partial charge in [0.05, 0.1) is 0 Å². The zero-order chi connectivity index (χ0) is 14.5. The van der Waals surface area contributed by atoms with Crippen molar-refractivity contribution < 1.29 is 0 Å². The molecule has 3 heteroatoms. The first-order valence-corrected chi connectivity index (χ1v) is 7.36. The summed E-state index contributed by atoms with van der Waals surface area (Å²) < 4.78 is 0. The van der Waals surface area contributed by atoms with Crippen molar-refractivity contribution in [1.82, 2.24) is 0 Å². The lowest BCUT2D eigenvalue weighted by Gasteiger charge is -2.26. The zero-order valence-electron chi connectivity index (χ0n) is 12.1. The molecule has 0 radical (unpaired) electrons. The van der Waals surface area contributed by atoms with E-state index in [1.54, 1.807) is 0 Å². The van der Waals surface area contributed by atoms with Gasteiger partial charge in [-0.15, -0.1) is 0 Å². The first kappa shape index (κ1) is 14.9. The molecule has 0 amide bonds. The quantitative estimate of drug-likeness (QED) is 0.888. The maximum absolute atomic E-state index is 6.11. The largest absolute Gasteiger partial charge is 0.342 e. The third-order valence-corrected chi connectivity index (χ3v) is 3.61. The van der Waals surface area contributed by atoms with Crippen molar-refractivity contribution in [3.8, 4) is 0 Å². The van der Waals surface area contributed by atoms with Crippen LogP contribution in [0.1, 0.15) is 18.1 Å². The summed E-state index contributed by atoms with van der Waals surface area (Å²) in [5, 5.41) is 0.762. The van der Waals surface area contributed by atoms with E-state index in [9.17, 15) is 0 Å². The Morgan fingerprint density at radius 3 is 2.60 bits per heavy atom. The van der Waals surface area contributed by atoms with Crippen molar-refractivity contribution >= 4 is 23.0 Å². The van der Waals surface area contributed by atoms with Crippen molar-refractivity contribution in [3.05, 3.63) is 58.6 Å². The van der Waals surface area contributed by atoms with Crippen molar-refractivity contribution in [2.45, 2.75) is 20.3 Å². The van der Waals surface area contributed by atoms with Crippen LogP contribution >= 0.6 is 11.6 Å². The van der Waals surface area contributed by atoms with E-state index < -0.39 is 0 Å². The Labute approximate surface area is 126 Å². The highest BCUT2D eigenvalue weighted by atomic mass is 35.5. The van der Waals surface area contributed by atoms with Gasteiger partial charge in [0.1, 0.15) is 0 Å². The van der Waals surface area contributed by atoms with E-state index in [0.29, 0.717) is 6.54 Å². The standard InChI is InChI=1S/C17H21ClN2/c1-3-20(16-6-4-5-13(2)11-16)17-8-7-15(18)12-14(17)9-10-19/h4-8,11-12H,3,9-10,19H2,1-2H3. The first-order valence-electron chi connectivity index (χ1n) is 6.98. The molecule has 0 aromatic heterocycles. The Kier molecular flexibility index (Phi) is 5.05. The molecule has 0 unspecified atom stereocenters. The first-order chi connectivity index (χ1) is 9.65. The molecule has 0 saturated carbocycles. The second kappa shape index (κ2) is 6.78. The van der Waals surface area contributed by atoms with Gasteiger partial charge >= 0.3 is 0 Å². The molecule has 2 rings (SSSR count). The molecule has 0 spiro atoms. The minimum absolute atomic E-state index is 0.624. The van der Waals surface area contributed by atoms with E-state index in [1.165, 1.54) is 22.5 Å². The predicted molar refractivity (Wildman–Crippen MR) is 88.1 cm³/mol. The Hall–Kier alpha value is -1.51. The summed E-state index contributed by atoms with van der Waals surface area (Å²) in [4.78, 5) is 2.30. The topological polar surface area (TPSA) is 29.3 Å². The van der Waals surface area contributed by atoms with Crippen LogP contribution in [0.2, 0.25) is 5.02 Å². The summed E-state index contributed by atoms with van der Waals surface area (Å²) in [7, 11) is 0. The van der Waals surface area contributed by atoms with Crippen LogP contribution in [0.3, 0.4) is 0 Å². The third-order valence-electron chi connectivity index (χ3n) is 3.38. The van der Waals surface area contributed by atoms with Gasteiger partial charge in [-0.05, 0) is 68.3 Å². The number of aryl methyl sites for hydroxylation is 1. The van der Waals surface area contributed by atoms with Gasteiger partial charge in [0, 0.05) is 22.9 Å². The molecule has 0 fully saturated rings. The van der Waals surface area contributed by atoms with Gasteiger partial charge < -0.3 is 10.6 Å². The van der Waals surface area contributed by atoms with E-state index in [4.69, 9.17) is 17.3 Å². The Balaban J connectivity index is 2.46. The molecule has 0 heterocycles. The molecule has 0 aliphatic rings. The minimum Gasteiger partial charge on any atom is -0.342 e. The van der Waals surface area contributed by atoms with Crippen LogP contribution < -0.4 is 10.6 Å². The van der Waals surface area contributed by atoms with Gasteiger partial charge in [-0.3, -0.25) is 0 Å². The predicted octanol–water partition coefficient (Wildman–Crippen LogP) is 4.31. The summed E-state index contributed by atoms with van der Waals surface area (Å²) in [6.07, 6.45) is 0.832. The monoisotopic (exact) mass is 288 g/mol. The third kappa shape index (κ3) is 3.33. The van der Waals surface area contributed by atoms with E-state index in [2.05, 4.69) is 49.1 Å². The number of rotatable bonds is 5.